The highest BCUT2D eigenvalue weighted by molar-refractivity contribution is 5.88. The molecule has 76 valence electrons. The van der Waals surface area contributed by atoms with Gasteiger partial charge in [0.1, 0.15) is 5.56 Å². The lowest BCUT2D eigenvalue weighted by atomic mass is 10.3. The van der Waals surface area contributed by atoms with Crippen LogP contribution < -0.4 is 0 Å². The first-order valence-corrected chi connectivity index (χ1v) is 3.85. The SMILES string of the molecule is CCOC(=O)c1onc([N+](=O)[O-])c1C. The van der Waals surface area contributed by atoms with Gasteiger partial charge < -0.3 is 14.9 Å². The Kier molecular flexibility index (Phi) is 2.80. The van der Waals surface area contributed by atoms with Gasteiger partial charge in [0, 0.05) is 0 Å². The Bertz CT molecular complexity index is 370. The van der Waals surface area contributed by atoms with Crippen molar-refractivity contribution in [2.75, 3.05) is 6.61 Å². The van der Waals surface area contributed by atoms with Crippen LogP contribution in [0.3, 0.4) is 0 Å². The van der Waals surface area contributed by atoms with Crippen LogP contribution in [0.25, 0.3) is 0 Å². The standard InChI is InChI=1S/C7H8N2O5/c1-3-13-7(10)5-4(2)6(8-14-5)9(11)12/h3H2,1-2H3. The molecular weight excluding hydrogens is 192 g/mol. The average molecular weight is 200 g/mol. The summed E-state index contributed by atoms with van der Waals surface area (Å²) < 4.78 is 9.11. The lowest BCUT2D eigenvalue weighted by Crippen LogP contribution is -2.04. The summed E-state index contributed by atoms with van der Waals surface area (Å²) in [5.41, 5.74) is 0.0773. The molecule has 0 aliphatic heterocycles. The number of esters is 1. The number of hydrogen-bond donors (Lipinski definition) is 0. The lowest BCUT2D eigenvalue weighted by Gasteiger charge is -1.95. The summed E-state index contributed by atoms with van der Waals surface area (Å²) in [4.78, 5) is 20.7. The van der Waals surface area contributed by atoms with E-state index in [-0.39, 0.29) is 17.9 Å². The lowest BCUT2D eigenvalue weighted by molar-refractivity contribution is -0.391. The molecule has 0 aromatic carbocycles. The van der Waals surface area contributed by atoms with E-state index in [1.54, 1.807) is 6.92 Å². The summed E-state index contributed by atoms with van der Waals surface area (Å²) in [6, 6.07) is 0. The Hall–Kier alpha value is -1.92. The maximum Gasteiger partial charge on any atom is 0.417 e. The van der Waals surface area contributed by atoms with Crippen LogP contribution in [0.2, 0.25) is 0 Å². The van der Waals surface area contributed by atoms with Crippen molar-refractivity contribution in [2.24, 2.45) is 0 Å². The molecule has 1 rings (SSSR count). The minimum absolute atomic E-state index is 0.0773. The second-order valence-corrected chi connectivity index (χ2v) is 2.44. The number of ether oxygens (including phenoxy) is 1. The van der Waals surface area contributed by atoms with Gasteiger partial charge in [0.15, 0.2) is 5.16 Å². The van der Waals surface area contributed by atoms with Gasteiger partial charge in [-0.1, -0.05) is 0 Å². The second kappa shape index (κ2) is 3.86. The van der Waals surface area contributed by atoms with Gasteiger partial charge >= 0.3 is 11.8 Å². The van der Waals surface area contributed by atoms with Gasteiger partial charge in [-0.2, -0.15) is 0 Å². The Morgan fingerprint density at radius 2 is 2.36 bits per heavy atom. The number of carbonyl (C=O) groups is 1. The Morgan fingerprint density at radius 1 is 1.71 bits per heavy atom. The molecule has 0 aliphatic carbocycles. The van der Waals surface area contributed by atoms with Crippen LogP contribution in [0.4, 0.5) is 5.82 Å². The predicted octanol–water partition coefficient (Wildman–Crippen LogP) is 1.07. The fraction of sp³-hybridized carbons (Fsp3) is 0.429. The molecule has 7 heteroatoms. The normalized spacial score (nSPS) is 9.86. The molecule has 1 aromatic rings. The van der Waals surface area contributed by atoms with Crippen molar-refractivity contribution in [3.63, 3.8) is 0 Å². The molecule has 0 N–H and O–H groups in total. The van der Waals surface area contributed by atoms with Crippen molar-refractivity contribution in [1.29, 1.82) is 0 Å². The van der Waals surface area contributed by atoms with E-state index in [1.807, 2.05) is 0 Å². The van der Waals surface area contributed by atoms with E-state index >= 15 is 0 Å². The van der Waals surface area contributed by atoms with Crippen LogP contribution in [0.15, 0.2) is 4.52 Å². The van der Waals surface area contributed by atoms with Gasteiger partial charge in [-0.05, 0) is 18.8 Å². The summed E-state index contributed by atoms with van der Waals surface area (Å²) >= 11 is 0. The fourth-order valence-electron chi connectivity index (χ4n) is 0.885. The monoisotopic (exact) mass is 200 g/mol. The van der Waals surface area contributed by atoms with Gasteiger partial charge in [0.05, 0.1) is 6.61 Å². The molecular formula is C7H8N2O5. The largest absolute Gasteiger partial charge is 0.460 e. The molecule has 14 heavy (non-hydrogen) atoms. The molecule has 0 saturated heterocycles. The third kappa shape index (κ3) is 1.70. The highest BCUT2D eigenvalue weighted by Crippen LogP contribution is 2.20. The minimum atomic E-state index is -0.745. The van der Waals surface area contributed by atoms with Gasteiger partial charge in [0.25, 0.3) is 5.76 Å². The van der Waals surface area contributed by atoms with Crippen LogP contribution in [0.1, 0.15) is 23.0 Å². The second-order valence-electron chi connectivity index (χ2n) is 2.44. The maximum absolute atomic E-state index is 11.1. The fourth-order valence-corrected chi connectivity index (χ4v) is 0.885. The highest BCUT2D eigenvalue weighted by Gasteiger charge is 2.28. The summed E-state index contributed by atoms with van der Waals surface area (Å²) in [6.45, 7) is 3.17. The van der Waals surface area contributed by atoms with Gasteiger partial charge in [-0.3, -0.25) is 0 Å². The van der Waals surface area contributed by atoms with Crippen LogP contribution in [-0.2, 0) is 4.74 Å². The molecule has 1 aromatic heterocycles. The number of carbonyl (C=O) groups excluding carboxylic acids is 1. The number of aromatic nitrogens is 1. The molecule has 0 unspecified atom stereocenters. The van der Waals surface area contributed by atoms with E-state index in [0.29, 0.717) is 0 Å². The number of nitro groups is 1. The summed E-state index contributed by atoms with van der Waals surface area (Å²) in [5.74, 6) is -1.43. The summed E-state index contributed by atoms with van der Waals surface area (Å²) in [5, 5.41) is 13.5. The van der Waals surface area contributed by atoms with E-state index in [4.69, 9.17) is 0 Å². The molecule has 1 heterocycles. The summed E-state index contributed by atoms with van der Waals surface area (Å²) in [7, 11) is 0. The third-order valence-electron chi connectivity index (χ3n) is 1.53. The molecule has 0 bridgehead atoms. The van der Waals surface area contributed by atoms with Crippen molar-refractivity contribution >= 4 is 11.8 Å². The van der Waals surface area contributed by atoms with Crippen LogP contribution in [0.5, 0.6) is 0 Å². The van der Waals surface area contributed by atoms with E-state index in [2.05, 4.69) is 14.4 Å². The first kappa shape index (κ1) is 10.2. The van der Waals surface area contributed by atoms with Crippen molar-refractivity contribution in [3.8, 4) is 0 Å². The van der Waals surface area contributed by atoms with Crippen molar-refractivity contribution in [3.05, 3.63) is 21.4 Å². The van der Waals surface area contributed by atoms with Gasteiger partial charge in [0.2, 0.25) is 0 Å². The van der Waals surface area contributed by atoms with Crippen LogP contribution >= 0.6 is 0 Å². The predicted molar refractivity (Wildman–Crippen MR) is 43.9 cm³/mol. The molecule has 7 nitrogen and oxygen atoms in total. The highest BCUT2D eigenvalue weighted by atomic mass is 16.6. The van der Waals surface area contributed by atoms with E-state index in [0.717, 1.165) is 0 Å². The number of nitrogens with zero attached hydrogens (tertiary/aromatic N) is 2. The van der Waals surface area contributed by atoms with Crippen molar-refractivity contribution < 1.29 is 19.0 Å². The first-order chi connectivity index (χ1) is 6.57. The number of rotatable bonds is 3. The zero-order valence-corrected chi connectivity index (χ0v) is 7.64. The molecule has 0 saturated carbocycles. The Balaban J connectivity index is 3.00. The van der Waals surface area contributed by atoms with Crippen molar-refractivity contribution in [1.82, 2.24) is 5.16 Å². The first-order valence-electron chi connectivity index (χ1n) is 3.85. The van der Waals surface area contributed by atoms with Crippen LogP contribution in [-0.4, -0.2) is 22.7 Å². The van der Waals surface area contributed by atoms with Gasteiger partial charge in [-0.25, -0.2) is 9.32 Å². The quantitative estimate of drug-likeness (QED) is 0.411. The zero-order chi connectivity index (χ0) is 10.7. The Morgan fingerprint density at radius 3 is 2.79 bits per heavy atom. The van der Waals surface area contributed by atoms with E-state index in [9.17, 15) is 14.9 Å². The maximum atomic E-state index is 11.1. The van der Waals surface area contributed by atoms with Crippen molar-refractivity contribution in [2.45, 2.75) is 13.8 Å². The average Bonchev–Trinajstić information content (AvgIpc) is 2.47. The molecule has 0 atom stereocenters. The zero-order valence-electron chi connectivity index (χ0n) is 7.64. The molecule has 0 aliphatic rings. The van der Waals surface area contributed by atoms with Crippen LogP contribution in [0, 0.1) is 17.0 Å². The molecule has 0 radical (unpaired) electrons. The van der Waals surface area contributed by atoms with E-state index < -0.39 is 16.7 Å². The third-order valence-corrected chi connectivity index (χ3v) is 1.53. The molecule has 0 spiro atoms. The molecule has 0 fully saturated rings. The number of hydrogen-bond acceptors (Lipinski definition) is 6. The Labute approximate surface area is 78.8 Å². The summed E-state index contributed by atoms with van der Waals surface area (Å²) in [6.07, 6.45) is 0. The molecule has 0 amide bonds. The van der Waals surface area contributed by atoms with Gasteiger partial charge in [-0.15, -0.1) is 0 Å². The van der Waals surface area contributed by atoms with E-state index in [1.165, 1.54) is 6.92 Å². The smallest absolute Gasteiger partial charge is 0.417 e. The topological polar surface area (TPSA) is 95.5 Å². The minimum Gasteiger partial charge on any atom is -0.460 e.